The summed E-state index contributed by atoms with van der Waals surface area (Å²) in [5.41, 5.74) is 15.3. The smallest absolute Gasteiger partial charge is 0.0139 e. The number of hydrogen-bond donors (Lipinski definition) is 0. The summed E-state index contributed by atoms with van der Waals surface area (Å²) >= 11 is 0. The Kier molecular flexibility index (Phi) is 5.15. The predicted molar refractivity (Wildman–Crippen MR) is 124 cm³/mol. The summed E-state index contributed by atoms with van der Waals surface area (Å²) in [5.74, 6) is 0. The van der Waals surface area contributed by atoms with Crippen molar-refractivity contribution in [3.8, 4) is 0 Å². The van der Waals surface area contributed by atoms with E-state index in [1.807, 2.05) is 0 Å². The van der Waals surface area contributed by atoms with E-state index < -0.39 is 0 Å². The van der Waals surface area contributed by atoms with Crippen LogP contribution in [-0.4, -0.2) is 0 Å². The largest absolute Gasteiger partial charge is 0.0617 e. The molecule has 0 atom stereocenters. The highest BCUT2D eigenvalue weighted by molar-refractivity contribution is 5.52. The van der Waals surface area contributed by atoms with Crippen LogP contribution in [0.5, 0.6) is 0 Å². The van der Waals surface area contributed by atoms with Crippen LogP contribution in [0.25, 0.3) is 0 Å². The van der Waals surface area contributed by atoms with Crippen molar-refractivity contribution in [3.63, 3.8) is 0 Å². The van der Waals surface area contributed by atoms with Crippen LogP contribution in [0.3, 0.4) is 0 Å². The third-order valence-electron chi connectivity index (χ3n) is 8.79. The molecule has 2 aliphatic rings. The molecule has 0 unspecified atom stereocenters. The highest BCUT2D eigenvalue weighted by atomic mass is 14.4. The van der Waals surface area contributed by atoms with Crippen LogP contribution in [0, 0.1) is 10.8 Å². The molecule has 0 fully saturated rings. The molecule has 0 saturated heterocycles. The summed E-state index contributed by atoms with van der Waals surface area (Å²) in [6.07, 6.45) is 2.18. The standard InChI is InChI=1S/C28H38/c1-17-18(2)22(6)27(9,21(17)5)15-25-12-11-13-26(14-25)16-28(10)23(7)19(3)20(4)24(28)8/h11-14H,15-16H2,1-10H3. The van der Waals surface area contributed by atoms with E-state index >= 15 is 0 Å². The first-order valence-electron chi connectivity index (χ1n) is 10.7. The zero-order valence-corrected chi connectivity index (χ0v) is 19.7. The van der Waals surface area contributed by atoms with E-state index in [1.165, 1.54) is 33.4 Å². The van der Waals surface area contributed by atoms with Crippen molar-refractivity contribution in [3.05, 3.63) is 80.0 Å². The van der Waals surface area contributed by atoms with E-state index in [-0.39, 0.29) is 10.8 Å². The Morgan fingerprint density at radius 2 is 0.821 bits per heavy atom. The fraction of sp³-hybridized carbons (Fsp3) is 0.500. The van der Waals surface area contributed by atoms with Crippen LogP contribution < -0.4 is 0 Å². The van der Waals surface area contributed by atoms with E-state index in [4.69, 9.17) is 0 Å². The second kappa shape index (κ2) is 6.90. The first-order valence-corrected chi connectivity index (χ1v) is 10.7. The van der Waals surface area contributed by atoms with Gasteiger partial charge in [-0.2, -0.15) is 0 Å². The SMILES string of the molecule is CC1=C(C)C(C)(Cc2cccc(CC3(C)C(C)=C(C)C(C)=C3C)c2)C(C)=C1C. The Morgan fingerprint density at radius 3 is 1.11 bits per heavy atom. The molecular formula is C28H38. The van der Waals surface area contributed by atoms with Gasteiger partial charge in [-0.15, -0.1) is 0 Å². The van der Waals surface area contributed by atoms with Crippen LogP contribution in [0.15, 0.2) is 68.9 Å². The Hall–Kier alpha value is -1.82. The van der Waals surface area contributed by atoms with Gasteiger partial charge in [-0.1, -0.05) is 60.4 Å². The van der Waals surface area contributed by atoms with Crippen LogP contribution in [0.1, 0.15) is 80.4 Å². The molecule has 1 aromatic rings. The van der Waals surface area contributed by atoms with Gasteiger partial charge in [-0.25, -0.2) is 0 Å². The summed E-state index contributed by atoms with van der Waals surface area (Å²) in [4.78, 5) is 0. The molecule has 0 heteroatoms. The predicted octanol–water partition coefficient (Wildman–Crippen LogP) is 8.16. The molecule has 3 rings (SSSR count). The molecule has 28 heavy (non-hydrogen) atoms. The Morgan fingerprint density at radius 1 is 0.536 bits per heavy atom. The lowest BCUT2D eigenvalue weighted by molar-refractivity contribution is 0.476. The van der Waals surface area contributed by atoms with Gasteiger partial charge in [0.1, 0.15) is 0 Å². The second-order valence-electron chi connectivity index (χ2n) is 9.84. The number of allylic oxidation sites excluding steroid dienone is 8. The van der Waals surface area contributed by atoms with Crippen LogP contribution in [0.4, 0.5) is 0 Å². The maximum atomic E-state index is 2.46. The van der Waals surface area contributed by atoms with Gasteiger partial charge in [0.15, 0.2) is 0 Å². The van der Waals surface area contributed by atoms with Crippen LogP contribution in [-0.2, 0) is 12.8 Å². The molecule has 0 heterocycles. The molecule has 150 valence electrons. The molecule has 0 aliphatic heterocycles. The zero-order valence-electron chi connectivity index (χ0n) is 19.7. The van der Waals surface area contributed by atoms with Crippen molar-refractivity contribution >= 4 is 0 Å². The molecule has 0 N–H and O–H groups in total. The van der Waals surface area contributed by atoms with Crippen molar-refractivity contribution in [1.82, 2.24) is 0 Å². The first-order chi connectivity index (χ1) is 12.9. The average Bonchev–Trinajstić information content (AvgIpc) is 2.89. The Bertz CT molecular complexity index is 832. The minimum Gasteiger partial charge on any atom is -0.0617 e. The lowest BCUT2D eigenvalue weighted by Crippen LogP contribution is -2.22. The van der Waals surface area contributed by atoms with Crippen LogP contribution in [0.2, 0.25) is 0 Å². The molecular weight excluding hydrogens is 336 g/mol. The second-order valence-corrected chi connectivity index (χ2v) is 9.84. The number of rotatable bonds is 4. The van der Waals surface area contributed by atoms with Gasteiger partial charge in [0.05, 0.1) is 0 Å². The number of hydrogen-bond acceptors (Lipinski definition) is 0. The molecule has 0 nitrogen and oxygen atoms in total. The minimum absolute atomic E-state index is 0.156. The monoisotopic (exact) mass is 374 g/mol. The summed E-state index contributed by atoms with van der Waals surface area (Å²) in [5, 5.41) is 0. The lowest BCUT2D eigenvalue weighted by Gasteiger charge is -2.31. The average molecular weight is 375 g/mol. The van der Waals surface area contributed by atoms with E-state index in [1.54, 1.807) is 22.3 Å². The molecule has 0 radical (unpaired) electrons. The first kappa shape index (κ1) is 20.9. The third-order valence-corrected chi connectivity index (χ3v) is 8.79. The Labute approximate surface area is 173 Å². The van der Waals surface area contributed by atoms with Gasteiger partial charge >= 0.3 is 0 Å². The van der Waals surface area contributed by atoms with Gasteiger partial charge < -0.3 is 0 Å². The normalized spacial score (nSPS) is 21.5. The quantitative estimate of drug-likeness (QED) is 0.498. The van der Waals surface area contributed by atoms with Gasteiger partial charge in [0, 0.05) is 10.8 Å². The molecule has 0 saturated carbocycles. The third kappa shape index (κ3) is 2.97. The number of benzene rings is 1. The molecule has 0 spiro atoms. The van der Waals surface area contributed by atoms with Crippen molar-refractivity contribution in [2.45, 2.75) is 82.1 Å². The fourth-order valence-electron chi connectivity index (χ4n) is 5.54. The van der Waals surface area contributed by atoms with E-state index in [9.17, 15) is 0 Å². The van der Waals surface area contributed by atoms with Gasteiger partial charge in [-0.05, 0) is 102 Å². The van der Waals surface area contributed by atoms with E-state index in [0.29, 0.717) is 0 Å². The lowest BCUT2D eigenvalue weighted by atomic mass is 9.73. The molecule has 1 aromatic carbocycles. The maximum Gasteiger partial charge on any atom is 0.0139 e. The topological polar surface area (TPSA) is 0 Å². The van der Waals surface area contributed by atoms with Crippen LogP contribution >= 0.6 is 0 Å². The van der Waals surface area contributed by atoms with Gasteiger partial charge in [-0.3, -0.25) is 0 Å². The summed E-state index contributed by atoms with van der Waals surface area (Å²) in [7, 11) is 0. The zero-order chi connectivity index (χ0) is 21.0. The summed E-state index contributed by atoms with van der Waals surface area (Å²) in [6.45, 7) is 23.3. The summed E-state index contributed by atoms with van der Waals surface area (Å²) in [6, 6.07) is 9.36. The minimum atomic E-state index is 0.156. The highest BCUT2D eigenvalue weighted by Gasteiger charge is 2.37. The van der Waals surface area contributed by atoms with Crippen molar-refractivity contribution in [2.75, 3.05) is 0 Å². The van der Waals surface area contributed by atoms with Crippen molar-refractivity contribution in [1.29, 1.82) is 0 Å². The maximum absolute atomic E-state index is 2.46. The summed E-state index contributed by atoms with van der Waals surface area (Å²) < 4.78 is 0. The van der Waals surface area contributed by atoms with Crippen molar-refractivity contribution < 1.29 is 0 Å². The molecule has 0 bridgehead atoms. The molecule has 0 amide bonds. The van der Waals surface area contributed by atoms with E-state index in [2.05, 4.69) is 93.5 Å². The molecule has 2 aliphatic carbocycles. The van der Waals surface area contributed by atoms with Gasteiger partial charge in [0.25, 0.3) is 0 Å². The Balaban J connectivity index is 1.91. The van der Waals surface area contributed by atoms with Gasteiger partial charge in [0.2, 0.25) is 0 Å². The van der Waals surface area contributed by atoms with Crippen molar-refractivity contribution in [2.24, 2.45) is 10.8 Å². The molecule has 0 aromatic heterocycles. The fourth-order valence-corrected chi connectivity index (χ4v) is 5.54. The highest BCUT2D eigenvalue weighted by Crippen LogP contribution is 2.50. The van der Waals surface area contributed by atoms with E-state index in [0.717, 1.165) is 12.8 Å².